The largest absolute Gasteiger partial charge is 0.366 e. The zero-order chi connectivity index (χ0) is 18.4. The molecule has 11 nitrogen and oxygen atoms in total. The van der Waals surface area contributed by atoms with Gasteiger partial charge in [0.2, 0.25) is 5.52 Å². The second-order valence-electron chi connectivity index (χ2n) is 6.27. The van der Waals surface area contributed by atoms with Crippen LogP contribution in [0.15, 0.2) is 33.5 Å². The molecular weight excluding hydrogens is 354 g/mol. The maximum absolute atomic E-state index is 11.7. The van der Waals surface area contributed by atoms with E-state index in [9.17, 15) is 10.1 Å². The molecule has 2 aromatic heterocycles. The van der Waals surface area contributed by atoms with Gasteiger partial charge >= 0.3 is 5.69 Å². The first-order valence-corrected chi connectivity index (χ1v) is 8.39. The number of nitro benzene ring substituents is 1. The van der Waals surface area contributed by atoms with Gasteiger partial charge in [-0.05, 0) is 51.7 Å². The highest BCUT2D eigenvalue weighted by Gasteiger charge is 2.30. The lowest BCUT2D eigenvalue weighted by molar-refractivity contribution is -0.382. The Labute approximate surface area is 151 Å². The number of anilines is 3. The van der Waals surface area contributed by atoms with E-state index in [4.69, 9.17) is 9.26 Å². The van der Waals surface area contributed by atoms with Crippen molar-refractivity contribution in [1.29, 1.82) is 0 Å². The smallest absolute Gasteiger partial charge is 0.323 e. The number of hydrogen-bond acceptors (Lipinski definition) is 10. The van der Waals surface area contributed by atoms with Crippen molar-refractivity contribution in [3.63, 3.8) is 0 Å². The predicted octanol–water partition coefficient (Wildman–Crippen LogP) is 3.01. The maximum Gasteiger partial charge on any atom is 0.323 e. The van der Waals surface area contributed by atoms with Gasteiger partial charge in [0.1, 0.15) is 11.2 Å². The number of benzene rings is 2. The molecule has 0 amide bonds. The molecular formula is C16H13N7O4. The molecule has 2 aromatic carbocycles. The summed E-state index contributed by atoms with van der Waals surface area (Å²) in [5.41, 5.74) is 3.09. The average Bonchev–Trinajstić information content (AvgIpc) is 3.41. The molecule has 0 atom stereocenters. The molecule has 0 aliphatic carbocycles. The molecule has 4 aromatic rings. The van der Waals surface area contributed by atoms with Gasteiger partial charge in [-0.1, -0.05) is 6.07 Å². The van der Waals surface area contributed by atoms with Crippen LogP contribution in [0.1, 0.15) is 12.8 Å². The van der Waals surface area contributed by atoms with Gasteiger partial charge in [0.25, 0.3) is 0 Å². The summed E-state index contributed by atoms with van der Waals surface area (Å²) < 4.78 is 9.60. The van der Waals surface area contributed by atoms with E-state index in [2.05, 4.69) is 25.9 Å². The van der Waals surface area contributed by atoms with Gasteiger partial charge in [0, 0.05) is 13.1 Å². The fraction of sp³-hybridized carbons (Fsp3) is 0.250. The van der Waals surface area contributed by atoms with Crippen molar-refractivity contribution < 1.29 is 14.2 Å². The van der Waals surface area contributed by atoms with E-state index in [1.807, 2.05) is 11.0 Å². The molecule has 1 fully saturated rings. The summed E-state index contributed by atoms with van der Waals surface area (Å²) >= 11 is 0. The second kappa shape index (κ2) is 5.90. The van der Waals surface area contributed by atoms with Crippen molar-refractivity contribution in [2.45, 2.75) is 12.8 Å². The molecule has 0 bridgehead atoms. The zero-order valence-corrected chi connectivity index (χ0v) is 14.0. The number of aromatic nitrogens is 4. The number of hydrogen-bond donors (Lipinski definition) is 1. The molecule has 5 rings (SSSR count). The number of rotatable bonds is 4. The van der Waals surface area contributed by atoms with Crippen LogP contribution in [0.4, 0.5) is 22.7 Å². The van der Waals surface area contributed by atoms with Gasteiger partial charge in [-0.25, -0.2) is 9.26 Å². The highest BCUT2D eigenvalue weighted by atomic mass is 16.6. The lowest BCUT2D eigenvalue weighted by Gasteiger charge is -2.18. The number of nitrogens with one attached hydrogen (secondary N) is 1. The third-order valence-electron chi connectivity index (χ3n) is 4.68. The summed E-state index contributed by atoms with van der Waals surface area (Å²) in [5.74, 6) is 0. The van der Waals surface area contributed by atoms with Crippen LogP contribution in [0.2, 0.25) is 0 Å². The van der Waals surface area contributed by atoms with Crippen LogP contribution in [-0.4, -0.2) is 38.6 Å². The Hall–Kier alpha value is -3.76. The van der Waals surface area contributed by atoms with Crippen LogP contribution in [0.5, 0.6) is 0 Å². The molecule has 0 unspecified atom stereocenters. The van der Waals surface area contributed by atoms with Gasteiger partial charge in [0.15, 0.2) is 11.0 Å². The SMILES string of the molecule is O=[N+]([O-])c1c(N2CCCC2)cc(Nc2cccc3nonc23)c2nonc12. The van der Waals surface area contributed by atoms with E-state index in [1.54, 1.807) is 18.2 Å². The van der Waals surface area contributed by atoms with E-state index in [0.717, 1.165) is 25.9 Å². The fourth-order valence-corrected chi connectivity index (χ4v) is 3.44. The molecule has 1 saturated heterocycles. The Kier molecular flexibility index (Phi) is 3.38. The van der Waals surface area contributed by atoms with E-state index >= 15 is 0 Å². The predicted molar refractivity (Wildman–Crippen MR) is 95.0 cm³/mol. The van der Waals surface area contributed by atoms with E-state index in [1.165, 1.54) is 0 Å². The molecule has 0 saturated carbocycles. The Morgan fingerprint density at radius 3 is 2.56 bits per heavy atom. The van der Waals surface area contributed by atoms with E-state index < -0.39 is 4.92 Å². The minimum atomic E-state index is -0.438. The van der Waals surface area contributed by atoms with Gasteiger partial charge in [-0.2, -0.15) is 0 Å². The second-order valence-corrected chi connectivity index (χ2v) is 6.27. The molecule has 3 heterocycles. The van der Waals surface area contributed by atoms with Crippen LogP contribution in [0.25, 0.3) is 22.1 Å². The summed E-state index contributed by atoms with van der Waals surface area (Å²) in [6.45, 7) is 1.50. The summed E-state index contributed by atoms with van der Waals surface area (Å²) in [6.07, 6.45) is 1.97. The van der Waals surface area contributed by atoms with Crippen molar-refractivity contribution in [2.24, 2.45) is 0 Å². The molecule has 1 aliphatic heterocycles. The fourth-order valence-electron chi connectivity index (χ4n) is 3.44. The summed E-state index contributed by atoms with van der Waals surface area (Å²) in [6, 6.07) is 7.10. The molecule has 11 heteroatoms. The van der Waals surface area contributed by atoms with Crippen molar-refractivity contribution in [3.8, 4) is 0 Å². The quantitative estimate of drug-likeness (QED) is 0.423. The number of fused-ring (bicyclic) bond motifs is 2. The average molecular weight is 367 g/mol. The molecule has 0 radical (unpaired) electrons. The maximum atomic E-state index is 11.7. The van der Waals surface area contributed by atoms with Crippen LogP contribution in [-0.2, 0) is 0 Å². The number of nitro groups is 1. The van der Waals surface area contributed by atoms with Crippen molar-refractivity contribution in [2.75, 3.05) is 23.3 Å². The lowest BCUT2D eigenvalue weighted by Crippen LogP contribution is -2.19. The minimum Gasteiger partial charge on any atom is -0.366 e. The summed E-state index contributed by atoms with van der Waals surface area (Å²) in [5, 5.41) is 30.3. The van der Waals surface area contributed by atoms with Gasteiger partial charge in [0.05, 0.1) is 16.3 Å². The summed E-state index contributed by atoms with van der Waals surface area (Å²) in [7, 11) is 0. The Balaban J connectivity index is 1.70. The highest BCUT2D eigenvalue weighted by Crippen LogP contribution is 2.41. The third kappa shape index (κ3) is 2.43. The normalized spacial score (nSPS) is 14.3. The van der Waals surface area contributed by atoms with Crippen molar-refractivity contribution in [1.82, 2.24) is 20.6 Å². The van der Waals surface area contributed by atoms with Crippen LogP contribution >= 0.6 is 0 Å². The Morgan fingerprint density at radius 2 is 1.74 bits per heavy atom. The van der Waals surface area contributed by atoms with E-state index in [0.29, 0.717) is 28.1 Å². The van der Waals surface area contributed by atoms with E-state index in [-0.39, 0.29) is 16.7 Å². The first-order chi connectivity index (χ1) is 13.2. The van der Waals surface area contributed by atoms with Crippen LogP contribution < -0.4 is 10.2 Å². The topological polar surface area (TPSA) is 136 Å². The molecule has 1 N–H and O–H groups in total. The Morgan fingerprint density at radius 1 is 1.00 bits per heavy atom. The Bertz CT molecular complexity index is 1160. The van der Waals surface area contributed by atoms with Gasteiger partial charge in [-0.15, -0.1) is 0 Å². The first kappa shape index (κ1) is 15.5. The third-order valence-corrected chi connectivity index (χ3v) is 4.68. The monoisotopic (exact) mass is 367 g/mol. The zero-order valence-electron chi connectivity index (χ0n) is 14.0. The standard InChI is InChI=1S/C16H13N7O4/c24-23(25)16-12(22-6-1-2-7-22)8-11(14-15(16)21-27-20-14)17-9-4-3-5-10-13(9)19-26-18-10/h3-5,8,17H,1-2,6-7H2. The van der Waals surface area contributed by atoms with Gasteiger partial charge in [-0.3, -0.25) is 10.1 Å². The van der Waals surface area contributed by atoms with Crippen molar-refractivity contribution >= 4 is 44.8 Å². The lowest BCUT2D eigenvalue weighted by atomic mass is 10.1. The minimum absolute atomic E-state index is 0.0972. The van der Waals surface area contributed by atoms with Crippen LogP contribution in [0, 0.1) is 10.1 Å². The molecule has 1 aliphatic rings. The van der Waals surface area contributed by atoms with Crippen LogP contribution in [0.3, 0.4) is 0 Å². The first-order valence-electron chi connectivity index (χ1n) is 8.39. The summed E-state index contributed by atoms with van der Waals surface area (Å²) in [4.78, 5) is 13.3. The molecule has 136 valence electrons. The number of nitrogens with zero attached hydrogens (tertiary/aromatic N) is 6. The molecule has 0 spiro atoms. The van der Waals surface area contributed by atoms with Crippen molar-refractivity contribution in [3.05, 3.63) is 34.4 Å². The van der Waals surface area contributed by atoms with Gasteiger partial charge < -0.3 is 10.2 Å². The highest BCUT2D eigenvalue weighted by molar-refractivity contribution is 6.02. The molecule has 27 heavy (non-hydrogen) atoms.